The number of hydrogen-bond acceptors (Lipinski definition) is 4. The van der Waals surface area contributed by atoms with Crippen molar-refractivity contribution in [3.8, 4) is 0 Å². The first kappa shape index (κ1) is 15.8. The molecule has 0 radical (unpaired) electrons. The van der Waals surface area contributed by atoms with Crippen LogP contribution >= 0.6 is 0 Å². The second-order valence-electron chi connectivity index (χ2n) is 6.21. The monoisotopic (exact) mass is 293 g/mol. The lowest BCUT2D eigenvalue weighted by Gasteiger charge is -2.20. The summed E-state index contributed by atoms with van der Waals surface area (Å²) in [6.07, 6.45) is -0.394. The standard InChI is InChI=1S/C16H23NO4/c1-16(2,3)21-15(19)17-13(9-18)14(17)11-20-10-12-7-5-4-6-8-12/h4-8,13-14,18H,9-11H2,1-3H3/t13-,14+,17?/m1/s1. The number of carbonyl (C=O) groups is 1. The molecule has 116 valence electrons. The summed E-state index contributed by atoms with van der Waals surface area (Å²) in [5, 5.41) is 9.31. The normalized spacial score (nSPS) is 21.2. The maximum atomic E-state index is 12.0. The molecule has 1 aromatic rings. The van der Waals surface area contributed by atoms with Crippen molar-refractivity contribution in [2.75, 3.05) is 13.2 Å². The molecule has 5 heteroatoms. The Hall–Kier alpha value is -1.59. The van der Waals surface area contributed by atoms with Crippen molar-refractivity contribution in [1.82, 2.24) is 4.90 Å². The highest BCUT2D eigenvalue weighted by molar-refractivity contribution is 5.72. The first-order valence-corrected chi connectivity index (χ1v) is 7.16. The Kier molecular flexibility index (Phi) is 4.85. The lowest BCUT2D eigenvalue weighted by Crippen LogP contribution is -2.29. The Bertz CT molecular complexity index is 469. The maximum Gasteiger partial charge on any atom is 0.411 e. The first-order valence-electron chi connectivity index (χ1n) is 7.16. The zero-order chi connectivity index (χ0) is 15.5. The van der Waals surface area contributed by atoms with Crippen LogP contribution in [-0.4, -0.2) is 47.0 Å². The van der Waals surface area contributed by atoms with E-state index in [9.17, 15) is 9.90 Å². The molecule has 0 unspecified atom stereocenters. The molecule has 5 nitrogen and oxygen atoms in total. The molecule has 0 aliphatic carbocycles. The van der Waals surface area contributed by atoms with E-state index in [4.69, 9.17) is 9.47 Å². The van der Waals surface area contributed by atoms with Crippen molar-refractivity contribution >= 4 is 6.09 Å². The Morgan fingerprint density at radius 1 is 1.24 bits per heavy atom. The van der Waals surface area contributed by atoms with Crippen molar-refractivity contribution in [3.63, 3.8) is 0 Å². The van der Waals surface area contributed by atoms with E-state index in [2.05, 4.69) is 0 Å². The number of aliphatic hydroxyl groups is 1. The summed E-state index contributed by atoms with van der Waals surface area (Å²) in [7, 11) is 0. The molecule has 1 aromatic carbocycles. The number of rotatable bonds is 5. The van der Waals surface area contributed by atoms with Gasteiger partial charge in [-0.3, -0.25) is 4.90 Å². The van der Waals surface area contributed by atoms with Gasteiger partial charge in [0.15, 0.2) is 0 Å². The number of amides is 1. The second-order valence-corrected chi connectivity index (χ2v) is 6.21. The summed E-state index contributed by atoms with van der Waals surface area (Å²) in [6, 6.07) is 9.54. The lowest BCUT2D eigenvalue weighted by atomic mass is 10.2. The van der Waals surface area contributed by atoms with Gasteiger partial charge in [0.05, 0.1) is 31.9 Å². The van der Waals surface area contributed by atoms with Crippen molar-refractivity contribution in [1.29, 1.82) is 0 Å². The molecule has 1 saturated heterocycles. The Morgan fingerprint density at radius 3 is 2.48 bits per heavy atom. The van der Waals surface area contributed by atoms with Gasteiger partial charge in [-0.1, -0.05) is 30.3 Å². The van der Waals surface area contributed by atoms with E-state index >= 15 is 0 Å². The molecule has 1 aliphatic rings. The number of ether oxygens (including phenoxy) is 2. The summed E-state index contributed by atoms with van der Waals surface area (Å²) in [5.74, 6) is 0. The van der Waals surface area contributed by atoms with E-state index in [0.717, 1.165) is 5.56 Å². The third-order valence-electron chi connectivity index (χ3n) is 3.26. The predicted molar refractivity (Wildman–Crippen MR) is 78.8 cm³/mol. The molecule has 2 rings (SSSR count). The van der Waals surface area contributed by atoms with Crippen LogP contribution in [0.2, 0.25) is 0 Å². The van der Waals surface area contributed by atoms with Crippen LogP contribution in [0.3, 0.4) is 0 Å². The second kappa shape index (κ2) is 6.45. The number of carbonyl (C=O) groups excluding carboxylic acids is 1. The van der Waals surface area contributed by atoms with Gasteiger partial charge in [-0.15, -0.1) is 0 Å². The zero-order valence-corrected chi connectivity index (χ0v) is 12.8. The Balaban J connectivity index is 1.79. The zero-order valence-electron chi connectivity index (χ0n) is 12.8. The molecular formula is C16H23NO4. The SMILES string of the molecule is CC(C)(C)OC(=O)N1[C@H](CO)[C@@H]1COCc1ccccc1. The van der Waals surface area contributed by atoms with Crippen molar-refractivity contribution in [2.24, 2.45) is 0 Å². The van der Waals surface area contributed by atoms with E-state index in [0.29, 0.717) is 13.2 Å². The number of hydrogen-bond donors (Lipinski definition) is 1. The van der Waals surface area contributed by atoms with Gasteiger partial charge >= 0.3 is 6.09 Å². The predicted octanol–water partition coefficient (Wildman–Crippen LogP) is 2.18. The molecule has 0 bridgehead atoms. The molecule has 21 heavy (non-hydrogen) atoms. The number of benzene rings is 1. The highest BCUT2D eigenvalue weighted by atomic mass is 16.6. The fourth-order valence-corrected chi connectivity index (χ4v) is 2.19. The van der Waals surface area contributed by atoms with Crippen LogP contribution in [0.1, 0.15) is 26.3 Å². The van der Waals surface area contributed by atoms with Crippen LogP contribution in [0.15, 0.2) is 30.3 Å². The highest BCUT2D eigenvalue weighted by Crippen LogP contribution is 2.30. The van der Waals surface area contributed by atoms with Crippen molar-refractivity contribution in [3.05, 3.63) is 35.9 Å². The fourth-order valence-electron chi connectivity index (χ4n) is 2.19. The van der Waals surface area contributed by atoms with E-state index in [1.807, 2.05) is 51.1 Å². The fraction of sp³-hybridized carbons (Fsp3) is 0.562. The molecular weight excluding hydrogens is 270 g/mol. The number of nitrogens with zero attached hydrogens (tertiary/aromatic N) is 1. The Morgan fingerprint density at radius 2 is 1.90 bits per heavy atom. The molecule has 1 amide bonds. The average molecular weight is 293 g/mol. The van der Waals surface area contributed by atoms with Gasteiger partial charge in [0.1, 0.15) is 5.60 Å². The van der Waals surface area contributed by atoms with Gasteiger partial charge in [0.2, 0.25) is 0 Å². The largest absolute Gasteiger partial charge is 0.444 e. The van der Waals surface area contributed by atoms with E-state index in [-0.39, 0.29) is 18.7 Å². The lowest BCUT2D eigenvalue weighted by molar-refractivity contribution is 0.0353. The van der Waals surface area contributed by atoms with Gasteiger partial charge < -0.3 is 14.6 Å². The van der Waals surface area contributed by atoms with Gasteiger partial charge in [0, 0.05) is 0 Å². The average Bonchev–Trinajstić information content (AvgIpc) is 3.11. The summed E-state index contributed by atoms with van der Waals surface area (Å²) < 4.78 is 10.9. The van der Waals surface area contributed by atoms with Crippen LogP contribution in [0.25, 0.3) is 0 Å². The smallest absolute Gasteiger partial charge is 0.411 e. The van der Waals surface area contributed by atoms with E-state index in [1.54, 1.807) is 0 Å². The Labute approximate surface area is 125 Å². The molecule has 1 N–H and O–H groups in total. The van der Waals surface area contributed by atoms with Gasteiger partial charge in [-0.25, -0.2) is 4.79 Å². The minimum Gasteiger partial charge on any atom is -0.444 e. The van der Waals surface area contributed by atoms with Crippen LogP contribution in [-0.2, 0) is 16.1 Å². The minimum absolute atomic E-state index is 0.0708. The third kappa shape index (κ3) is 4.44. The quantitative estimate of drug-likeness (QED) is 0.845. The summed E-state index contributed by atoms with van der Waals surface area (Å²) in [5.41, 5.74) is 0.553. The van der Waals surface area contributed by atoms with Crippen LogP contribution in [0.5, 0.6) is 0 Å². The topological polar surface area (TPSA) is 58.8 Å². The molecule has 1 aliphatic heterocycles. The van der Waals surface area contributed by atoms with Crippen LogP contribution in [0, 0.1) is 0 Å². The van der Waals surface area contributed by atoms with E-state index < -0.39 is 11.7 Å². The van der Waals surface area contributed by atoms with E-state index in [1.165, 1.54) is 4.90 Å². The van der Waals surface area contributed by atoms with Crippen molar-refractivity contribution < 1.29 is 19.4 Å². The first-order chi connectivity index (χ1) is 9.92. The number of aliphatic hydroxyl groups excluding tert-OH is 1. The van der Waals surface area contributed by atoms with Gasteiger partial charge in [0.25, 0.3) is 0 Å². The molecule has 1 heterocycles. The van der Waals surface area contributed by atoms with Gasteiger partial charge in [-0.2, -0.15) is 0 Å². The van der Waals surface area contributed by atoms with Gasteiger partial charge in [-0.05, 0) is 26.3 Å². The molecule has 0 aromatic heterocycles. The molecule has 2 atom stereocenters. The summed E-state index contributed by atoms with van der Waals surface area (Å²) in [6.45, 7) is 6.30. The van der Waals surface area contributed by atoms with Crippen LogP contribution < -0.4 is 0 Å². The molecule has 0 spiro atoms. The van der Waals surface area contributed by atoms with Crippen molar-refractivity contribution in [2.45, 2.75) is 45.1 Å². The highest BCUT2D eigenvalue weighted by Gasteiger charge is 2.52. The summed E-state index contributed by atoms with van der Waals surface area (Å²) >= 11 is 0. The molecule has 1 fully saturated rings. The molecule has 0 saturated carbocycles. The third-order valence-corrected chi connectivity index (χ3v) is 3.26. The maximum absolute atomic E-state index is 12.0. The van der Waals surface area contributed by atoms with Crippen LogP contribution in [0.4, 0.5) is 4.79 Å². The summed E-state index contributed by atoms with van der Waals surface area (Å²) in [4.78, 5) is 13.5. The minimum atomic E-state index is -0.533.